The molecule has 4 aromatic rings. The number of aromatic nitrogens is 2. The van der Waals surface area contributed by atoms with Crippen molar-refractivity contribution in [2.75, 3.05) is 11.9 Å². The van der Waals surface area contributed by atoms with Crippen LogP contribution in [0.1, 0.15) is 16.7 Å². The Morgan fingerprint density at radius 3 is 2.25 bits per heavy atom. The molecular formula is C25H23N3. The Hall–Kier alpha value is -3.33. The van der Waals surface area contributed by atoms with E-state index in [0.717, 1.165) is 30.2 Å². The van der Waals surface area contributed by atoms with Crippen LogP contribution in [-0.4, -0.2) is 16.3 Å². The van der Waals surface area contributed by atoms with E-state index in [1.165, 1.54) is 33.4 Å². The van der Waals surface area contributed by atoms with Gasteiger partial charge in [-0.15, -0.1) is 0 Å². The summed E-state index contributed by atoms with van der Waals surface area (Å²) in [5, 5.41) is 8.53. The predicted molar refractivity (Wildman–Crippen MR) is 116 cm³/mol. The van der Waals surface area contributed by atoms with Gasteiger partial charge in [0.15, 0.2) is 0 Å². The molecule has 0 bridgehead atoms. The van der Waals surface area contributed by atoms with Crippen LogP contribution in [0.3, 0.4) is 0 Å². The third-order valence-corrected chi connectivity index (χ3v) is 5.65. The quantitative estimate of drug-likeness (QED) is 0.498. The number of anilines is 1. The predicted octanol–water partition coefficient (Wildman–Crippen LogP) is 5.79. The van der Waals surface area contributed by atoms with Crippen molar-refractivity contribution in [1.82, 2.24) is 9.78 Å². The van der Waals surface area contributed by atoms with Gasteiger partial charge in [-0.05, 0) is 54.7 Å². The summed E-state index contributed by atoms with van der Waals surface area (Å²) in [4.78, 5) is 0. The molecule has 0 spiro atoms. The van der Waals surface area contributed by atoms with Crippen LogP contribution in [0.15, 0.2) is 72.8 Å². The van der Waals surface area contributed by atoms with Gasteiger partial charge in [-0.1, -0.05) is 60.7 Å². The molecule has 1 aliphatic heterocycles. The van der Waals surface area contributed by atoms with Crippen LogP contribution in [0, 0.1) is 13.8 Å². The van der Waals surface area contributed by atoms with E-state index in [-0.39, 0.29) is 0 Å². The highest BCUT2D eigenvalue weighted by Gasteiger charge is 2.24. The third kappa shape index (κ3) is 2.80. The van der Waals surface area contributed by atoms with Gasteiger partial charge in [0.25, 0.3) is 0 Å². The lowest BCUT2D eigenvalue weighted by Crippen LogP contribution is -2.04. The SMILES string of the molecule is Cc1ccc(-n2nc(-c3ccc(-c4ccccc4)cc3)c3c2NCC3)cc1C. The summed E-state index contributed by atoms with van der Waals surface area (Å²) in [7, 11) is 0. The maximum atomic E-state index is 5.00. The van der Waals surface area contributed by atoms with Crippen LogP contribution >= 0.6 is 0 Å². The molecule has 0 fully saturated rings. The smallest absolute Gasteiger partial charge is 0.133 e. The number of nitrogens with zero attached hydrogens (tertiary/aromatic N) is 2. The summed E-state index contributed by atoms with van der Waals surface area (Å²) in [6, 6.07) is 25.8. The molecule has 0 aliphatic carbocycles. The van der Waals surface area contributed by atoms with E-state index in [9.17, 15) is 0 Å². The van der Waals surface area contributed by atoms with Crippen molar-refractivity contribution in [3.8, 4) is 28.1 Å². The fourth-order valence-corrected chi connectivity index (χ4v) is 3.90. The molecule has 138 valence electrons. The lowest BCUT2D eigenvalue weighted by Gasteiger charge is -2.09. The van der Waals surface area contributed by atoms with Gasteiger partial charge in [-0.3, -0.25) is 0 Å². The largest absolute Gasteiger partial charge is 0.369 e. The summed E-state index contributed by atoms with van der Waals surface area (Å²) in [5.41, 5.74) is 9.73. The van der Waals surface area contributed by atoms with Crippen molar-refractivity contribution < 1.29 is 0 Å². The summed E-state index contributed by atoms with van der Waals surface area (Å²) >= 11 is 0. The third-order valence-electron chi connectivity index (χ3n) is 5.65. The van der Waals surface area contributed by atoms with Crippen LogP contribution in [-0.2, 0) is 6.42 Å². The van der Waals surface area contributed by atoms with Gasteiger partial charge in [0.05, 0.1) is 11.4 Å². The molecule has 3 heteroatoms. The van der Waals surface area contributed by atoms with E-state index in [4.69, 9.17) is 5.10 Å². The minimum atomic E-state index is 0.965. The van der Waals surface area contributed by atoms with Crippen molar-refractivity contribution >= 4 is 5.82 Å². The maximum absolute atomic E-state index is 5.00. The molecule has 0 saturated carbocycles. The zero-order valence-electron chi connectivity index (χ0n) is 16.2. The van der Waals surface area contributed by atoms with Gasteiger partial charge in [-0.25, -0.2) is 4.68 Å². The first-order chi connectivity index (χ1) is 13.7. The van der Waals surface area contributed by atoms with Crippen molar-refractivity contribution in [1.29, 1.82) is 0 Å². The van der Waals surface area contributed by atoms with Gasteiger partial charge >= 0.3 is 0 Å². The molecule has 0 amide bonds. The number of benzene rings is 3. The normalized spacial score (nSPS) is 12.6. The Kier molecular flexibility index (Phi) is 4.01. The van der Waals surface area contributed by atoms with E-state index in [1.54, 1.807) is 0 Å². The van der Waals surface area contributed by atoms with E-state index < -0.39 is 0 Å². The van der Waals surface area contributed by atoms with Gasteiger partial charge in [0, 0.05) is 17.7 Å². The van der Waals surface area contributed by atoms with E-state index >= 15 is 0 Å². The maximum Gasteiger partial charge on any atom is 0.133 e. The average Bonchev–Trinajstić information content (AvgIpc) is 3.34. The minimum absolute atomic E-state index is 0.965. The zero-order chi connectivity index (χ0) is 19.1. The molecule has 28 heavy (non-hydrogen) atoms. The Morgan fingerprint density at radius 1 is 0.786 bits per heavy atom. The first-order valence-corrected chi connectivity index (χ1v) is 9.80. The number of hydrogen-bond donors (Lipinski definition) is 1. The van der Waals surface area contributed by atoms with Crippen LogP contribution < -0.4 is 5.32 Å². The lowest BCUT2D eigenvalue weighted by atomic mass is 10.0. The Morgan fingerprint density at radius 2 is 1.50 bits per heavy atom. The number of rotatable bonds is 3. The molecule has 0 unspecified atom stereocenters. The van der Waals surface area contributed by atoms with Crippen LogP contribution in [0.4, 0.5) is 5.82 Å². The van der Waals surface area contributed by atoms with Gasteiger partial charge in [-0.2, -0.15) is 5.10 Å². The topological polar surface area (TPSA) is 29.9 Å². The molecular weight excluding hydrogens is 342 g/mol. The molecule has 3 nitrogen and oxygen atoms in total. The molecule has 1 N–H and O–H groups in total. The summed E-state index contributed by atoms with van der Waals surface area (Å²) in [6.45, 7) is 5.26. The first kappa shape index (κ1) is 16.8. The molecule has 0 saturated heterocycles. The minimum Gasteiger partial charge on any atom is -0.369 e. The summed E-state index contributed by atoms with van der Waals surface area (Å²) in [6.07, 6.45) is 1.01. The second-order valence-corrected chi connectivity index (χ2v) is 7.48. The van der Waals surface area contributed by atoms with Gasteiger partial charge in [0.2, 0.25) is 0 Å². The Balaban J connectivity index is 1.57. The number of aryl methyl sites for hydroxylation is 2. The fraction of sp³-hybridized carbons (Fsp3) is 0.160. The van der Waals surface area contributed by atoms with Crippen LogP contribution in [0.2, 0.25) is 0 Å². The van der Waals surface area contributed by atoms with E-state index in [0.29, 0.717) is 0 Å². The second kappa shape index (κ2) is 6.68. The number of fused-ring (bicyclic) bond motifs is 1. The second-order valence-electron chi connectivity index (χ2n) is 7.48. The van der Waals surface area contributed by atoms with Crippen molar-refractivity contribution in [3.05, 3.63) is 89.5 Å². The fourth-order valence-electron chi connectivity index (χ4n) is 3.90. The van der Waals surface area contributed by atoms with Gasteiger partial charge in [0.1, 0.15) is 5.82 Å². The van der Waals surface area contributed by atoms with Crippen molar-refractivity contribution in [2.24, 2.45) is 0 Å². The van der Waals surface area contributed by atoms with Crippen molar-refractivity contribution in [2.45, 2.75) is 20.3 Å². The van der Waals surface area contributed by atoms with Gasteiger partial charge < -0.3 is 5.32 Å². The van der Waals surface area contributed by atoms with E-state index in [1.807, 2.05) is 6.07 Å². The van der Waals surface area contributed by atoms with Crippen LogP contribution in [0.5, 0.6) is 0 Å². The molecule has 0 radical (unpaired) electrons. The highest BCUT2D eigenvalue weighted by atomic mass is 15.3. The summed E-state index contributed by atoms with van der Waals surface area (Å²) < 4.78 is 2.06. The molecule has 0 atom stereocenters. The molecule has 1 aromatic heterocycles. The monoisotopic (exact) mass is 365 g/mol. The Labute approximate surface area is 165 Å². The molecule has 2 heterocycles. The van der Waals surface area contributed by atoms with Crippen molar-refractivity contribution in [3.63, 3.8) is 0 Å². The van der Waals surface area contributed by atoms with Crippen LogP contribution in [0.25, 0.3) is 28.1 Å². The number of nitrogens with one attached hydrogen (secondary N) is 1. The zero-order valence-corrected chi connectivity index (χ0v) is 16.2. The number of hydrogen-bond acceptors (Lipinski definition) is 2. The standard InChI is InChI=1S/C25H23N3/c1-17-8-13-22(16-18(17)2)28-25-23(14-15-26-25)24(27-28)21-11-9-20(10-12-21)19-6-4-3-5-7-19/h3-13,16,26H,14-15H2,1-2H3. The first-order valence-electron chi connectivity index (χ1n) is 9.80. The highest BCUT2D eigenvalue weighted by molar-refractivity contribution is 5.75. The lowest BCUT2D eigenvalue weighted by molar-refractivity contribution is 0.880. The van der Waals surface area contributed by atoms with E-state index in [2.05, 4.69) is 90.6 Å². The molecule has 1 aliphatic rings. The molecule has 5 rings (SSSR count). The molecule has 3 aromatic carbocycles. The highest BCUT2D eigenvalue weighted by Crippen LogP contribution is 2.35. The Bertz CT molecular complexity index is 1140. The average molecular weight is 365 g/mol. The summed E-state index contributed by atoms with van der Waals surface area (Å²) in [5.74, 6) is 1.13.